The molecule has 9 heteroatoms. The molecule has 6 aliphatic rings. The maximum absolute atomic E-state index is 12.9. The summed E-state index contributed by atoms with van der Waals surface area (Å²) in [6.45, 7) is 18.2. The van der Waals surface area contributed by atoms with E-state index in [0.717, 1.165) is 25.2 Å². The number of aliphatic hydroxyl groups is 2. The van der Waals surface area contributed by atoms with E-state index in [1.165, 1.54) is 51.4 Å². The van der Waals surface area contributed by atoms with Crippen LogP contribution in [0, 0.1) is 55.7 Å². The number of carbonyl (C=O) groups is 1. The Balaban J connectivity index is 0.00000145. The average Bonchev–Trinajstić information content (AvgIpc) is 3.46. The Kier molecular flexibility index (Phi) is 11.5. The SMILES string of the molecule is C=CC.CC1(C)C2CCC3(C)C(CCC4C5CCC[C@]5(CO)CC[C@]43C)[C@@]2(C)CC[C@@H]1OC(=O)OCCO[C@H]1C[C@@H](O)CC(CN=O)O1. The van der Waals surface area contributed by atoms with Gasteiger partial charge in [-0.1, -0.05) is 52.3 Å². The number of ether oxygens (including phenoxy) is 4. The highest BCUT2D eigenvalue weighted by Gasteiger charge is 2.70. The maximum Gasteiger partial charge on any atom is 0.508 e. The van der Waals surface area contributed by atoms with Gasteiger partial charge in [-0.25, -0.2) is 4.79 Å². The van der Waals surface area contributed by atoms with Crippen molar-refractivity contribution in [2.24, 2.45) is 55.9 Å². The van der Waals surface area contributed by atoms with Gasteiger partial charge in [-0.05, 0) is 116 Å². The van der Waals surface area contributed by atoms with Crippen LogP contribution in [0.3, 0.4) is 0 Å². The van der Waals surface area contributed by atoms with Crippen LogP contribution in [-0.4, -0.2) is 67.3 Å². The van der Waals surface area contributed by atoms with E-state index >= 15 is 0 Å². The van der Waals surface area contributed by atoms with Crippen molar-refractivity contribution < 1.29 is 34.0 Å². The van der Waals surface area contributed by atoms with Crippen molar-refractivity contribution in [1.29, 1.82) is 0 Å². The third-order valence-corrected chi connectivity index (χ3v) is 15.3. The fraction of sp³-hybridized carbons (Fsp3) is 0.923. The topological polar surface area (TPSA) is 124 Å². The van der Waals surface area contributed by atoms with Crippen LogP contribution in [0.1, 0.15) is 125 Å². The summed E-state index contributed by atoms with van der Waals surface area (Å²) in [5.74, 6) is 2.52. The van der Waals surface area contributed by atoms with Gasteiger partial charge in [0.05, 0.1) is 18.8 Å². The van der Waals surface area contributed by atoms with Crippen molar-refractivity contribution in [2.75, 3.05) is 26.4 Å². The largest absolute Gasteiger partial charge is 0.508 e. The van der Waals surface area contributed by atoms with Crippen LogP contribution in [0.15, 0.2) is 17.8 Å². The van der Waals surface area contributed by atoms with Crippen molar-refractivity contribution in [3.63, 3.8) is 0 Å². The molecule has 6 fully saturated rings. The highest BCUT2D eigenvalue weighted by Crippen LogP contribution is 2.76. The zero-order valence-electron chi connectivity index (χ0n) is 30.7. The van der Waals surface area contributed by atoms with Gasteiger partial charge in [0.1, 0.15) is 19.3 Å². The second kappa shape index (κ2) is 14.6. The fourth-order valence-electron chi connectivity index (χ4n) is 12.9. The molecule has 5 saturated carbocycles. The van der Waals surface area contributed by atoms with Crippen LogP contribution in [0.4, 0.5) is 4.79 Å². The molecule has 0 amide bonds. The first-order chi connectivity index (χ1) is 22.7. The second-order valence-electron chi connectivity index (χ2n) is 17.7. The van der Waals surface area contributed by atoms with Gasteiger partial charge in [0.15, 0.2) is 6.29 Å². The monoisotopic (exact) mass is 675 g/mol. The molecule has 1 heterocycles. The second-order valence-corrected chi connectivity index (χ2v) is 17.7. The molecule has 0 spiro atoms. The molecule has 1 aliphatic heterocycles. The lowest BCUT2D eigenvalue weighted by atomic mass is 9.32. The summed E-state index contributed by atoms with van der Waals surface area (Å²) >= 11 is 0. The Labute approximate surface area is 289 Å². The molecule has 0 aromatic heterocycles. The summed E-state index contributed by atoms with van der Waals surface area (Å²) in [5.41, 5.74) is 0.810. The van der Waals surface area contributed by atoms with Crippen molar-refractivity contribution in [3.05, 3.63) is 17.6 Å². The van der Waals surface area contributed by atoms with Gasteiger partial charge in [-0.2, -0.15) is 4.91 Å². The van der Waals surface area contributed by atoms with E-state index in [1.54, 1.807) is 6.08 Å². The summed E-state index contributed by atoms with van der Waals surface area (Å²) < 4.78 is 22.8. The van der Waals surface area contributed by atoms with Crippen molar-refractivity contribution in [1.82, 2.24) is 0 Å². The molecule has 12 atom stereocenters. The normalized spacial score (nSPS) is 45.9. The van der Waals surface area contributed by atoms with Gasteiger partial charge in [-0.15, -0.1) is 6.58 Å². The molecular formula is C39H65NO8. The minimum Gasteiger partial charge on any atom is -0.432 e. The summed E-state index contributed by atoms with van der Waals surface area (Å²) in [5, 5.41) is 23.4. The quantitative estimate of drug-likeness (QED) is 0.114. The average molecular weight is 676 g/mol. The van der Waals surface area contributed by atoms with Gasteiger partial charge >= 0.3 is 6.16 Å². The molecule has 0 radical (unpaired) electrons. The molecule has 0 aromatic rings. The first-order valence-electron chi connectivity index (χ1n) is 19.0. The zero-order valence-corrected chi connectivity index (χ0v) is 30.7. The number of carbonyl (C=O) groups excluding carboxylic acids is 1. The minimum atomic E-state index is -0.660. The van der Waals surface area contributed by atoms with Crippen LogP contribution < -0.4 is 0 Å². The van der Waals surface area contributed by atoms with Gasteiger partial charge in [0.2, 0.25) is 0 Å². The van der Waals surface area contributed by atoms with Crippen molar-refractivity contribution in [3.8, 4) is 0 Å². The van der Waals surface area contributed by atoms with E-state index in [4.69, 9.17) is 18.9 Å². The Morgan fingerprint density at radius 1 is 0.917 bits per heavy atom. The lowest BCUT2D eigenvalue weighted by Crippen LogP contribution is -2.66. The standard InChI is InChI=1S/C36H59NO8.C3H6/c1-32(2)27-10-14-35(5)28(9-8-25-26-7-6-12-36(26,22-38)16-15-34(25,35)4)33(27,3)13-11-29(32)45-31(40)43-18-17-42-30-20-23(39)19-24(44-30)21-37-41;1-3-2/h23-30,38-39H,6-22H2,1-5H3;3H,1H2,2H3/t23-,24?,25?,26?,27?,28?,29-,30+,33-,34+,35?,36+;/m0./s1. The molecular weight excluding hydrogens is 610 g/mol. The number of fused-ring (bicyclic) bond motifs is 7. The molecule has 0 bridgehead atoms. The molecule has 48 heavy (non-hydrogen) atoms. The van der Waals surface area contributed by atoms with Gasteiger partial charge in [0.25, 0.3) is 0 Å². The van der Waals surface area contributed by atoms with E-state index in [9.17, 15) is 19.9 Å². The predicted octanol–water partition coefficient (Wildman–Crippen LogP) is 8.20. The van der Waals surface area contributed by atoms with Crippen LogP contribution in [0.5, 0.6) is 0 Å². The van der Waals surface area contributed by atoms with Crippen LogP contribution in [0.2, 0.25) is 0 Å². The van der Waals surface area contributed by atoms with E-state index in [-0.39, 0.29) is 47.5 Å². The first kappa shape index (κ1) is 37.7. The van der Waals surface area contributed by atoms with Crippen molar-refractivity contribution in [2.45, 2.75) is 150 Å². The van der Waals surface area contributed by atoms with Crippen molar-refractivity contribution >= 4 is 6.16 Å². The van der Waals surface area contributed by atoms with E-state index in [2.05, 4.69) is 46.4 Å². The number of nitroso groups, excluding NO2 is 1. The van der Waals surface area contributed by atoms with E-state index in [0.29, 0.717) is 42.6 Å². The number of rotatable bonds is 8. The molecule has 5 aliphatic carbocycles. The van der Waals surface area contributed by atoms with Gasteiger partial charge < -0.3 is 29.2 Å². The van der Waals surface area contributed by atoms with Gasteiger partial charge in [-0.3, -0.25) is 0 Å². The third kappa shape index (κ3) is 6.52. The lowest BCUT2D eigenvalue weighted by molar-refractivity contribution is -0.248. The highest BCUT2D eigenvalue weighted by atomic mass is 16.7. The molecule has 2 N–H and O–H groups in total. The summed E-state index contributed by atoms with van der Waals surface area (Å²) in [4.78, 5) is 23.5. The highest BCUT2D eigenvalue weighted by molar-refractivity contribution is 5.60. The number of allylic oxidation sites excluding steroid dienone is 1. The third-order valence-electron chi connectivity index (χ3n) is 15.3. The number of aliphatic hydroxyl groups excluding tert-OH is 2. The Morgan fingerprint density at radius 3 is 2.38 bits per heavy atom. The maximum atomic E-state index is 12.9. The fourth-order valence-corrected chi connectivity index (χ4v) is 12.9. The van der Waals surface area contributed by atoms with Gasteiger partial charge in [0, 0.05) is 24.9 Å². The van der Waals surface area contributed by atoms with Crippen LogP contribution in [-0.2, 0) is 18.9 Å². The molecule has 9 nitrogen and oxygen atoms in total. The first-order valence-corrected chi connectivity index (χ1v) is 19.0. The zero-order chi connectivity index (χ0) is 35.0. The summed E-state index contributed by atoms with van der Waals surface area (Å²) in [6.07, 6.45) is 12.9. The Morgan fingerprint density at radius 2 is 1.67 bits per heavy atom. The summed E-state index contributed by atoms with van der Waals surface area (Å²) in [7, 11) is 0. The number of hydrogen-bond acceptors (Lipinski definition) is 9. The molecule has 6 rings (SSSR count). The lowest BCUT2D eigenvalue weighted by Gasteiger charge is -2.72. The smallest absolute Gasteiger partial charge is 0.432 e. The van der Waals surface area contributed by atoms with Crippen LogP contribution >= 0.6 is 0 Å². The minimum absolute atomic E-state index is 0.0253. The molecule has 1 saturated heterocycles. The van der Waals surface area contributed by atoms with E-state index < -0.39 is 24.7 Å². The number of nitrogens with zero attached hydrogens (tertiary/aromatic N) is 1. The Hall–Kier alpha value is -1.55. The molecule has 6 unspecified atom stereocenters. The molecule has 0 aromatic carbocycles. The Bertz CT molecular complexity index is 1150. The van der Waals surface area contributed by atoms with Crippen LogP contribution in [0.25, 0.3) is 0 Å². The predicted molar refractivity (Wildman–Crippen MR) is 185 cm³/mol. The summed E-state index contributed by atoms with van der Waals surface area (Å²) in [6, 6.07) is 0. The molecule has 274 valence electrons. The number of hydrogen-bond donors (Lipinski definition) is 2. The van der Waals surface area contributed by atoms with E-state index in [1.807, 2.05) is 6.92 Å².